The molecule has 2 rings (SSSR count). The molecule has 0 saturated carbocycles. The van der Waals surface area contributed by atoms with Gasteiger partial charge in [-0.05, 0) is 35.6 Å². The van der Waals surface area contributed by atoms with Crippen LogP contribution in [0.4, 0.5) is 0 Å². The first-order valence-electron chi connectivity index (χ1n) is 5.55. The molecule has 0 unspecified atom stereocenters. The van der Waals surface area contributed by atoms with E-state index in [2.05, 4.69) is 62.0 Å². The zero-order valence-corrected chi connectivity index (χ0v) is 9.61. The fraction of sp³-hybridized carbons (Fsp3) is 0.125. The lowest BCUT2D eigenvalue weighted by Gasteiger charge is -2.09. The predicted octanol–water partition coefficient (Wildman–Crippen LogP) is 4.25. The molecule has 0 fully saturated rings. The van der Waals surface area contributed by atoms with Crippen LogP contribution in [0.25, 0.3) is 5.57 Å². The van der Waals surface area contributed by atoms with E-state index in [-0.39, 0.29) is 0 Å². The summed E-state index contributed by atoms with van der Waals surface area (Å²) < 4.78 is 0. The van der Waals surface area contributed by atoms with Gasteiger partial charge in [0.05, 0.1) is 0 Å². The molecule has 0 aliphatic heterocycles. The van der Waals surface area contributed by atoms with Gasteiger partial charge in [-0.2, -0.15) is 0 Å². The van der Waals surface area contributed by atoms with E-state index in [1.54, 1.807) is 0 Å². The summed E-state index contributed by atoms with van der Waals surface area (Å²) in [4.78, 5) is 0. The molecule has 16 heavy (non-hydrogen) atoms. The Morgan fingerprint density at radius 3 is 2.25 bits per heavy atom. The number of hydrogen-bond acceptors (Lipinski definition) is 0. The van der Waals surface area contributed by atoms with Crippen molar-refractivity contribution in [3.63, 3.8) is 0 Å². The summed E-state index contributed by atoms with van der Waals surface area (Å²) in [6.45, 7) is 6.31. The standard InChI is InChI=1S/C16H16/c1-13-8-6-7-11-16(13)14(2)12-15-9-4-3-5-10-15/h3-11H,2,12H2,1H3. The molecule has 0 aliphatic rings. The van der Waals surface area contributed by atoms with Crippen LogP contribution in [-0.2, 0) is 6.42 Å². The largest absolute Gasteiger partial charge is 0.0949 e. The van der Waals surface area contributed by atoms with E-state index in [1.807, 2.05) is 6.07 Å². The minimum absolute atomic E-state index is 0.922. The van der Waals surface area contributed by atoms with Crippen LogP contribution in [0.15, 0.2) is 61.2 Å². The zero-order valence-electron chi connectivity index (χ0n) is 9.61. The summed E-state index contributed by atoms with van der Waals surface area (Å²) in [5.74, 6) is 0. The number of allylic oxidation sites excluding steroid dienone is 1. The highest BCUT2D eigenvalue weighted by Crippen LogP contribution is 2.20. The number of hydrogen-bond donors (Lipinski definition) is 0. The average molecular weight is 208 g/mol. The third kappa shape index (κ3) is 2.40. The third-order valence-electron chi connectivity index (χ3n) is 2.79. The van der Waals surface area contributed by atoms with E-state index in [0.717, 1.165) is 6.42 Å². The van der Waals surface area contributed by atoms with Gasteiger partial charge in [-0.3, -0.25) is 0 Å². The van der Waals surface area contributed by atoms with Gasteiger partial charge in [-0.25, -0.2) is 0 Å². The minimum atomic E-state index is 0.922. The molecular weight excluding hydrogens is 192 g/mol. The summed E-state index contributed by atoms with van der Waals surface area (Å²) >= 11 is 0. The molecule has 0 heterocycles. The zero-order chi connectivity index (χ0) is 11.4. The molecule has 0 radical (unpaired) electrons. The summed E-state index contributed by atoms with van der Waals surface area (Å²) in [5.41, 5.74) is 5.06. The number of benzene rings is 2. The normalized spacial score (nSPS) is 10.1. The Morgan fingerprint density at radius 2 is 1.56 bits per heavy atom. The Morgan fingerprint density at radius 1 is 0.938 bits per heavy atom. The summed E-state index contributed by atoms with van der Waals surface area (Å²) in [6.07, 6.45) is 0.922. The molecule has 0 heteroatoms. The van der Waals surface area contributed by atoms with Crippen LogP contribution in [0.1, 0.15) is 16.7 Å². The van der Waals surface area contributed by atoms with Crippen molar-refractivity contribution in [2.24, 2.45) is 0 Å². The quantitative estimate of drug-likeness (QED) is 0.707. The van der Waals surface area contributed by atoms with Crippen LogP contribution >= 0.6 is 0 Å². The average Bonchev–Trinajstić information content (AvgIpc) is 2.31. The molecule has 0 aromatic heterocycles. The molecule has 0 aliphatic carbocycles. The molecular formula is C16H16. The van der Waals surface area contributed by atoms with Gasteiger partial charge in [0.15, 0.2) is 0 Å². The van der Waals surface area contributed by atoms with Gasteiger partial charge in [0, 0.05) is 0 Å². The highest BCUT2D eigenvalue weighted by atomic mass is 14.1. The van der Waals surface area contributed by atoms with Crippen molar-refractivity contribution >= 4 is 5.57 Å². The summed E-state index contributed by atoms with van der Waals surface area (Å²) in [6, 6.07) is 18.9. The van der Waals surface area contributed by atoms with Crippen LogP contribution < -0.4 is 0 Å². The van der Waals surface area contributed by atoms with E-state index in [0.29, 0.717) is 0 Å². The molecule has 0 atom stereocenters. The molecule has 80 valence electrons. The van der Waals surface area contributed by atoms with Crippen LogP contribution in [-0.4, -0.2) is 0 Å². The van der Waals surface area contributed by atoms with Gasteiger partial charge in [0.25, 0.3) is 0 Å². The fourth-order valence-corrected chi connectivity index (χ4v) is 1.91. The smallest absolute Gasteiger partial charge is 0.00256 e. The van der Waals surface area contributed by atoms with Crippen LogP contribution in [0, 0.1) is 6.92 Å². The van der Waals surface area contributed by atoms with Gasteiger partial charge in [-0.15, -0.1) is 0 Å². The van der Waals surface area contributed by atoms with Gasteiger partial charge >= 0.3 is 0 Å². The van der Waals surface area contributed by atoms with Crippen molar-refractivity contribution in [2.75, 3.05) is 0 Å². The number of aryl methyl sites for hydroxylation is 1. The molecule has 0 N–H and O–H groups in total. The number of rotatable bonds is 3. The first-order chi connectivity index (χ1) is 7.77. The molecule has 0 amide bonds. The SMILES string of the molecule is C=C(Cc1ccccc1)c1ccccc1C. The predicted molar refractivity (Wildman–Crippen MR) is 70.4 cm³/mol. The first kappa shape index (κ1) is 10.7. The second-order valence-corrected chi connectivity index (χ2v) is 4.08. The maximum atomic E-state index is 4.18. The van der Waals surface area contributed by atoms with Crippen molar-refractivity contribution in [1.82, 2.24) is 0 Å². The molecule has 0 saturated heterocycles. The summed E-state index contributed by atoms with van der Waals surface area (Å²) in [5, 5.41) is 0. The molecule has 0 spiro atoms. The van der Waals surface area contributed by atoms with Crippen molar-refractivity contribution in [2.45, 2.75) is 13.3 Å². The van der Waals surface area contributed by atoms with Crippen LogP contribution in [0.2, 0.25) is 0 Å². The topological polar surface area (TPSA) is 0 Å². The monoisotopic (exact) mass is 208 g/mol. The Kier molecular flexibility index (Phi) is 3.21. The maximum absolute atomic E-state index is 4.18. The minimum Gasteiger partial charge on any atom is -0.0949 e. The first-order valence-corrected chi connectivity index (χ1v) is 5.55. The lowest BCUT2D eigenvalue weighted by molar-refractivity contribution is 1.27. The maximum Gasteiger partial charge on any atom is -0.00256 e. The fourth-order valence-electron chi connectivity index (χ4n) is 1.91. The molecule has 0 nitrogen and oxygen atoms in total. The summed E-state index contributed by atoms with van der Waals surface area (Å²) in [7, 11) is 0. The van der Waals surface area contributed by atoms with E-state index < -0.39 is 0 Å². The highest BCUT2D eigenvalue weighted by molar-refractivity contribution is 5.68. The second kappa shape index (κ2) is 4.80. The van der Waals surface area contributed by atoms with Crippen molar-refractivity contribution in [3.05, 3.63) is 77.9 Å². The second-order valence-electron chi connectivity index (χ2n) is 4.08. The van der Waals surface area contributed by atoms with E-state index in [4.69, 9.17) is 0 Å². The Bertz CT molecular complexity index is 480. The molecule has 0 bridgehead atoms. The molecule has 2 aromatic carbocycles. The van der Waals surface area contributed by atoms with Crippen molar-refractivity contribution in [3.8, 4) is 0 Å². The van der Waals surface area contributed by atoms with Crippen LogP contribution in [0.5, 0.6) is 0 Å². The van der Waals surface area contributed by atoms with Crippen molar-refractivity contribution in [1.29, 1.82) is 0 Å². The van der Waals surface area contributed by atoms with Gasteiger partial charge < -0.3 is 0 Å². The van der Waals surface area contributed by atoms with Gasteiger partial charge in [0.2, 0.25) is 0 Å². The Balaban J connectivity index is 2.19. The lowest BCUT2D eigenvalue weighted by Crippen LogP contribution is -1.91. The highest BCUT2D eigenvalue weighted by Gasteiger charge is 2.02. The van der Waals surface area contributed by atoms with Gasteiger partial charge in [-0.1, -0.05) is 61.2 Å². The molecule has 2 aromatic rings. The third-order valence-corrected chi connectivity index (χ3v) is 2.79. The van der Waals surface area contributed by atoms with E-state index in [1.165, 1.54) is 22.3 Å². The Hall–Kier alpha value is -1.82. The van der Waals surface area contributed by atoms with Gasteiger partial charge in [0.1, 0.15) is 0 Å². The Labute approximate surface area is 97.3 Å². The van der Waals surface area contributed by atoms with Crippen molar-refractivity contribution < 1.29 is 0 Å². The van der Waals surface area contributed by atoms with E-state index >= 15 is 0 Å². The van der Waals surface area contributed by atoms with Crippen LogP contribution in [0.3, 0.4) is 0 Å². The van der Waals surface area contributed by atoms with E-state index in [9.17, 15) is 0 Å². The lowest BCUT2D eigenvalue weighted by atomic mass is 9.96.